The molecule has 0 radical (unpaired) electrons. The SMILES string of the molecule is O=S(=O)(c1ccc(Nc2ncc(C=Cc3ccc(-c4nn[nH]n4)cc3)cn2)cc1)C1CCNCC1. The maximum absolute atomic E-state index is 12.8. The first-order valence-electron chi connectivity index (χ1n) is 11.2. The van der Waals surface area contributed by atoms with Gasteiger partial charge in [-0.05, 0) is 61.0 Å². The van der Waals surface area contributed by atoms with Gasteiger partial charge in [0, 0.05) is 29.2 Å². The second-order valence-corrected chi connectivity index (χ2v) is 10.4. The third kappa shape index (κ3) is 5.42. The monoisotopic (exact) mass is 488 g/mol. The Hall–Kier alpha value is -3.96. The number of rotatable bonds is 7. The minimum absolute atomic E-state index is 0.324. The van der Waals surface area contributed by atoms with Gasteiger partial charge in [0.05, 0.1) is 10.1 Å². The van der Waals surface area contributed by atoms with Crippen molar-refractivity contribution in [3.63, 3.8) is 0 Å². The number of hydrogen-bond donors (Lipinski definition) is 3. The Labute approximate surface area is 202 Å². The summed E-state index contributed by atoms with van der Waals surface area (Å²) in [5.74, 6) is 0.982. The summed E-state index contributed by atoms with van der Waals surface area (Å²) in [7, 11) is -3.32. The van der Waals surface area contributed by atoms with E-state index >= 15 is 0 Å². The predicted octanol–water partition coefficient (Wildman–Crippen LogP) is 3.10. The van der Waals surface area contributed by atoms with Gasteiger partial charge in [0.25, 0.3) is 0 Å². The van der Waals surface area contributed by atoms with Gasteiger partial charge >= 0.3 is 0 Å². The van der Waals surface area contributed by atoms with Gasteiger partial charge < -0.3 is 10.6 Å². The number of tetrazole rings is 1. The molecule has 35 heavy (non-hydrogen) atoms. The third-order valence-corrected chi connectivity index (χ3v) is 8.10. The molecule has 3 heterocycles. The Morgan fingerprint density at radius 2 is 1.57 bits per heavy atom. The molecule has 0 bridgehead atoms. The van der Waals surface area contributed by atoms with E-state index in [9.17, 15) is 8.42 Å². The van der Waals surface area contributed by atoms with Crippen LogP contribution in [-0.4, -0.2) is 57.3 Å². The van der Waals surface area contributed by atoms with Crippen molar-refractivity contribution in [1.29, 1.82) is 0 Å². The highest BCUT2D eigenvalue weighted by molar-refractivity contribution is 7.92. The molecule has 2 aromatic heterocycles. The molecule has 0 unspecified atom stereocenters. The van der Waals surface area contributed by atoms with Crippen LogP contribution in [0.25, 0.3) is 23.5 Å². The Bertz CT molecular complexity index is 1380. The molecule has 4 aromatic rings. The maximum atomic E-state index is 12.8. The van der Waals surface area contributed by atoms with Gasteiger partial charge in [-0.2, -0.15) is 5.21 Å². The summed E-state index contributed by atoms with van der Waals surface area (Å²) in [6.07, 6.45) is 8.61. The molecule has 178 valence electrons. The van der Waals surface area contributed by atoms with Crippen LogP contribution in [0, 0.1) is 0 Å². The van der Waals surface area contributed by atoms with Crippen LogP contribution in [-0.2, 0) is 9.84 Å². The number of anilines is 2. The van der Waals surface area contributed by atoms with Gasteiger partial charge in [-0.1, -0.05) is 36.4 Å². The molecule has 2 aromatic carbocycles. The van der Waals surface area contributed by atoms with E-state index < -0.39 is 9.84 Å². The van der Waals surface area contributed by atoms with Crippen LogP contribution in [0.3, 0.4) is 0 Å². The van der Waals surface area contributed by atoms with E-state index in [1.807, 2.05) is 36.4 Å². The zero-order valence-corrected chi connectivity index (χ0v) is 19.6. The zero-order chi connectivity index (χ0) is 24.1. The summed E-state index contributed by atoms with van der Waals surface area (Å²) in [4.78, 5) is 9.06. The number of nitrogens with zero attached hydrogens (tertiary/aromatic N) is 5. The van der Waals surface area contributed by atoms with E-state index in [1.165, 1.54) is 0 Å². The topological polar surface area (TPSA) is 138 Å². The van der Waals surface area contributed by atoms with Crippen molar-refractivity contribution in [2.24, 2.45) is 0 Å². The van der Waals surface area contributed by atoms with Crippen molar-refractivity contribution < 1.29 is 8.42 Å². The van der Waals surface area contributed by atoms with Crippen molar-refractivity contribution in [3.05, 3.63) is 72.1 Å². The predicted molar refractivity (Wildman–Crippen MR) is 133 cm³/mol. The second-order valence-electron chi connectivity index (χ2n) is 8.17. The van der Waals surface area contributed by atoms with Crippen molar-refractivity contribution in [3.8, 4) is 11.4 Å². The standard InChI is InChI=1S/C24H24N8O2S/c33-35(34,22-11-13-25-14-12-22)21-9-7-20(8-10-21)28-24-26-15-18(16-27-24)2-1-17-3-5-19(6-4-17)23-29-31-32-30-23/h1-10,15-16,22,25H,11-14H2,(H,26,27,28)(H,29,30,31,32). The Morgan fingerprint density at radius 3 is 2.23 bits per heavy atom. The lowest BCUT2D eigenvalue weighted by Gasteiger charge is -2.22. The highest BCUT2D eigenvalue weighted by Crippen LogP contribution is 2.24. The van der Waals surface area contributed by atoms with Crippen molar-refractivity contribution in [2.75, 3.05) is 18.4 Å². The van der Waals surface area contributed by atoms with Gasteiger partial charge in [0.1, 0.15) is 0 Å². The lowest BCUT2D eigenvalue weighted by Crippen LogP contribution is -2.35. The Kier molecular flexibility index (Phi) is 6.59. The van der Waals surface area contributed by atoms with Crippen LogP contribution in [0.2, 0.25) is 0 Å². The van der Waals surface area contributed by atoms with E-state index in [0.717, 1.165) is 35.5 Å². The van der Waals surface area contributed by atoms with E-state index in [-0.39, 0.29) is 5.25 Å². The number of piperidine rings is 1. The minimum atomic E-state index is -3.32. The summed E-state index contributed by atoms with van der Waals surface area (Å²) < 4.78 is 25.7. The number of aromatic nitrogens is 6. The van der Waals surface area contributed by atoms with E-state index in [2.05, 4.69) is 41.2 Å². The molecular weight excluding hydrogens is 464 g/mol. The van der Waals surface area contributed by atoms with Crippen LogP contribution in [0.4, 0.5) is 11.6 Å². The smallest absolute Gasteiger partial charge is 0.227 e. The van der Waals surface area contributed by atoms with Crippen LogP contribution in [0.5, 0.6) is 0 Å². The number of aromatic amines is 1. The highest BCUT2D eigenvalue weighted by Gasteiger charge is 2.28. The molecule has 11 heteroatoms. The summed E-state index contributed by atoms with van der Waals surface area (Å²) >= 11 is 0. The average molecular weight is 489 g/mol. The fraction of sp³-hybridized carbons (Fsp3) is 0.208. The fourth-order valence-electron chi connectivity index (χ4n) is 3.86. The summed E-state index contributed by atoms with van der Waals surface area (Å²) in [5.41, 5.74) is 3.46. The first kappa shape index (κ1) is 22.8. The first-order valence-corrected chi connectivity index (χ1v) is 12.8. The lowest BCUT2D eigenvalue weighted by molar-refractivity contribution is 0.496. The zero-order valence-electron chi connectivity index (χ0n) is 18.8. The van der Waals surface area contributed by atoms with Crippen molar-refractivity contribution >= 4 is 33.6 Å². The Balaban J connectivity index is 1.20. The van der Waals surface area contributed by atoms with Crippen LogP contribution in [0.15, 0.2) is 65.8 Å². The van der Waals surface area contributed by atoms with Gasteiger partial charge in [-0.25, -0.2) is 18.4 Å². The number of nitrogens with one attached hydrogen (secondary N) is 3. The second kappa shape index (κ2) is 10.1. The normalized spacial score (nSPS) is 14.9. The van der Waals surface area contributed by atoms with Crippen molar-refractivity contribution in [2.45, 2.75) is 23.0 Å². The van der Waals surface area contributed by atoms with E-state index in [0.29, 0.717) is 29.5 Å². The first-order chi connectivity index (χ1) is 17.1. The van der Waals surface area contributed by atoms with E-state index in [1.54, 1.807) is 36.7 Å². The van der Waals surface area contributed by atoms with Gasteiger partial charge in [0.2, 0.25) is 11.8 Å². The molecule has 0 aliphatic carbocycles. The molecule has 1 fully saturated rings. The number of hydrogen-bond acceptors (Lipinski definition) is 9. The van der Waals surface area contributed by atoms with Gasteiger partial charge in [-0.3, -0.25) is 0 Å². The molecule has 5 rings (SSSR count). The molecule has 1 aliphatic heterocycles. The fourth-order valence-corrected chi connectivity index (χ4v) is 5.62. The number of sulfone groups is 1. The molecule has 1 aliphatic rings. The molecule has 0 atom stereocenters. The van der Waals surface area contributed by atoms with E-state index in [4.69, 9.17) is 0 Å². The summed E-state index contributed by atoms with van der Waals surface area (Å²) in [6, 6.07) is 14.5. The van der Waals surface area contributed by atoms with Crippen LogP contribution in [0.1, 0.15) is 24.0 Å². The van der Waals surface area contributed by atoms with Gasteiger partial charge in [0.15, 0.2) is 9.84 Å². The Morgan fingerprint density at radius 1 is 0.886 bits per heavy atom. The third-order valence-electron chi connectivity index (χ3n) is 5.82. The summed E-state index contributed by atoms with van der Waals surface area (Å²) in [5, 5.41) is 19.9. The molecular formula is C24H24N8O2S. The quantitative estimate of drug-likeness (QED) is 0.358. The highest BCUT2D eigenvalue weighted by atomic mass is 32.2. The largest absolute Gasteiger partial charge is 0.324 e. The summed E-state index contributed by atoms with van der Waals surface area (Å²) in [6.45, 7) is 1.47. The van der Waals surface area contributed by atoms with Crippen LogP contribution >= 0.6 is 0 Å². The molecule has 3 N–H and O–H groups in total. The average Bonchev–Trinajstić information content (AvgIpc) is 3.45. The molecule has 10 nitrogen and oxygen atoms in total. The molecule has 0 saturated carbocycles. The maximum Gasteiger partial charge on any atom is 0.227 e. The number of H-pyrrole nitrogens is 1. The minimum Gasteiger partial charge on any atom is -0.324 e. The van der Waals surface area contributed by atoms with Crippen molar-refractivity contribution in [1.82, 2.24) is 35.9 Å². The molecule has 0 spiro atoms. The number of benzene rings is 2. The van der Waals surface area contributed by atoms with Crippen LogP contribution < -0.4 is 10.6 Å². The lowest BCUT2D eigenvalue weighted by atomic mass is 10.1. The molecule has 1 saturated heterocycles. The molecule has 0 amide bonds. The van der Waals surface area contributed by atoms with Gasteiger partial charge in [-0.15, -0.1) is 10.2 Å².